The van der Waals surface area contributed by atoms with E-state index < -0.39 is 17.7 Å². The molecule has 4 rings (SSSR count). The van der Waals surface area contributed by atoms with Gasteiger partial charge < -0.3 is 9.84 Å². The monoisotopic (exact) mass is 434 g/mol. The highest BCUT2D eigenvalue weighted by Gasteiger charge is 2.48. The quantitative estimate of drug-likeness (QED) is 0.355. The number of carbonyl (C=O) groups is 2. The molecular formula is C24H22N2O4S. The second-order valence-electron chi connectivity index (χ2n) is 7.18. The number of aromatic nitrogens is 1. The molecule has 0 radical (unpaired) electrons. The zero-order valence-electron chi connectivity index (χ0n) is 17.5. The van der Waals surface area contributed by atoms with Crippen LogP contribution in [0.2, 0.25) is 0 Å². The number of nitrogens with zero attached hydrogens (tertiary/aromatic N) is 2. The minimum Gasteiger partial charge on any atom is -0.507 e. The van der Waals surface area contributed by atoms with Crippen molar-refractivity contribution in [1.29, 1.82) is 0 Å². The molecule has 2 aromatic carbocycles. The number of benzene rings is 2. The summed E-state index contributed by atoms with van der Waals surface area (Å²) >= 11 is 1.35. The number of ether oxygens (including phenoxy) is 1. The molecule has 7 heteroatoms. The largest absolute Gasteiger partial charge is 0.507 e. The number of aryl methyl sites for hydroxylation is 2. The predicted molar refractivity (Wildman–Crippen MR) is 120 cm³/mol. The van der Waals surface area contributed by atoms with Gasteiger partial charge in [-0.05, 0) is 50.6 Å². The summed E-state index contributed by atoms with van der Waals surface area (Å²) in [5, 5.41) is 11.5. The van der Waals surface area contributed by atoms with Crippen LogP contribution in [0.25, 0.3) is 5.76 Å². The Morgan fingerprint density at radius 3 is 2.35 bits per heavy atom. The van der Waals surface area contributed by atoms with Gasteiger partial charge in [0.2, 0.25) is 0 Å². The minimum atomic E-state index is -0.766. The fourth-order valence-electron chi connectivity index (χ4n) is 3.57. The number of aliphatic hydroxyl groups excluding tert-OH is 1. The summed E-state index contributed by atoms with van der Waals surface area (Å²) in [5.74, 6) is -0.989. The van der Waals surface area contributed by atoms with Gasteiger partial charge in [0, 0.05) is 10.4 Å². The zero-order chi connectivity index (χ0) is 22.1. The molecule has 1 N–H and O–H groups in total. The summed E-state index contributed by atoms with van der Waals surface area (Å²) < 4.78 is 5.45. The van der Waals surface area contributed by atoms with Crippen LogP contribution in [-0.4, -0.2) is 28.4 Å². The second-order valence-corrected chi connectivity index (χ2v) is 8.36. The lowest BCUT2D eigenvalue weighted by Crippen LogP contribution is -2.29. The molecular weight excluding hydrogens is 412 g/mol. The first-order valence-corrected chi connectivity index (χ1v) is 10.8. The normalized spacial score (nSPS) is 17.9. The topological polar surface area (TPSA) is 79.7 Å². The summed E-state index contributed by atoms with van der Waals surface area (Å²) in [6.07, 6.45) is 0. The van der Waals surface area contributed by atoms with Crippen molar-refractivity contribution in [3.63, 3.8) is 0 Å². The highest BCUT2D eigenvalue weighted by molar-refractivity contribution is 7.16. The Hall–Kier alpha value is -3.45. The lowest BCUT2D eigenvalue weighted by molar-refractivity contribution is -0.132. The highest BCUT2D eigenvalue weighted by Crippen LogP contribution is 2.43. The fourth-order valence-corrected chi connectivity index (χ4v) is 4.51. The molecule has 1 saturated heterocycles. The molecule has 3 aromatic rings. The van der Waals surface area contributed by atoms with E-state index in [1.54, 1.807) is 24.3 Å². The maximum atomic E-state index is 13.1. The number of hydrogen-bond acceptors (Lipinski definition) is 6. The van der Waals surface area contributed by atoms with E-state index in [1.807, 2.05) is 51.1 Å². The first kappa shape index (κ1) is 20.8. The molecule has 6 nitrogen and oxygen atoms in total. The van der Waals surface area contributed by atoms with Gasteiger partial charge in [-0.1, -0.05) is 30.3 Å². The van der Waals surface area contributed by atoms with E-state index in [4.69, 9.17) is 4.74 Å². The molecule has 0 saturated carbocycles. The molecule has 31 heavy (non-hydrogen) atoms. The Morgan fingerprint density at radius 1 is 1.10 bits per heavy atom. The van der Waals surface area contributed by atoms with E-state index in [1.165, 1.54) is 16.2 Å². The van der Waals surface area contributed by atoms with E-state index in [0.29, 0.717) is 23.1 Å². The van der Waals surface area contributed by atoms with Crippen molar-refractivity contribution in [3.8, 4) is 5.75 Å². The average molecular weight is 435 g/mol. The van der Waals surface area contributed by atoms with Crippen LogP contribution in [-0.2, 0) is 9.59 Å². The van der Waals surface area contributed by atoms with Gasteiger partial charge in [0.15, 0.2) is 5.13 Å². The van der Waals surface area contributed by atoms with Crippen LogP contribution in [0.4, 0.5) is 5.13 Å². The van der Waals surface area contributed by atoms with Crippen molar-refractivity contribution in [2.24, 2.45) is 0 Å². The summed E-state index contributed by atoms with van der Waals surface area (Å²) in [4.78, 5) is 33.0. The number of anilines is 1. The molecule has 1 aromatic heterocycles. The van der Waals surface area contributed by atoms with Gasteiger partial charge in [0.25, 0.3) is 5.78 Å². The molecule has 1 aliphatic rings. The molecule has 0 bridgehead atoms. The summed E-state index contributed by atoms with van der Waals surface area (Å²) in [6.45, 7) is 6.20. The number of carbonyl (C=O) groups excluding carboxylic acids is 2. The maximum Gasteiger partial charge on any atom is 0.301 e. The fraction of sp³-hybridized carbons (Fsp3) is 0.208. The average Bonchev–Trinajstić information content (AvgIpc) is 3.24. The number of rotatable bonds is 5. The number of hydrogen-bond donors (Lipinski definition) is 1. The number of amides is 1. The van der Waals surface area contributed by atoms with Crippen LogP contribution in [0.3, 0.4) is 0 Å². The van der Waals surface area contributed by atoms with Crippen LogP contribution in [0.1, 0.15) is 34.7 Å². The van der Waals surface area contributed by atoms with Gasteiger partial charge in [-0.25, -0.2) is 4.98 Å². The Bertz CT molecular complexity index is 1150. The Kier molecular flexibility index (Phi) is 5.61. The van der Waals surface area contributed by atoms with E-state index in [9.17, 15) is 14.7 Å². The first-order valence-electron chi connectivity index (χ1n) is 9.95. The lowest BCUT2D eigenvalue weighted by Gasteiger charge is -2.23. The lowest BCUT2D eigenvalue weighted by atomic mass is 9.95. The molecule has 0 aliphatic carbocycles. The summed E-state index contributed by atoms with van der Waals surface area (Å²) in [7, 11) is 0. The third kappa shape index (κ3) is 3.72. The maximum absolute atomic E-state index is 13.1. The van der Waals surface area contributed by atoms with Gasteiger partial charge in [0.05, 0.1) is 23.9 Å². The van der Waals surface area contributed by atoms with E-state index in [-0.39, 0.29) is 11.3 Å². The van der Waals surface area contributed by atoms with Crippen molar-refractivity contribution >= 4 is 33.9 Å². The Morgan fingerprint density at radius 2 is 1.77 bits per heavy atom. The van der Waals surface area contributed by atoms with Gasteiger partial charge in [-0.3, -0.25) is 14.5 Å². The second kappa shape index (κ2) is 8.35. The Balaban J connectivity index is 1.88. The van der Waals surface area contributed by atoms with Crippen LogP contribution < -0.4 is 9.64 Å². The highest BCUT2D eigenvalue weighted by atomic mass is 32.1. The van der Waals surface area contributed by atoms with Gasteiger partial charge in [0.1, 0.15) is 11.5 Å². The number of Topliss-reactive ketones (excluding diaryl/α,β-unsaturated/α-hetero) is 1. The zero-order valence-corrected chi connectivity index (χ0v) is 18.3. The van der Waals surface area contributed by atoms with Gasteiger partial charge in [-0.15, -0.1) is 11.3 Å². The van der Waals surface area contributed by atoms with Crippen molar-refractivity contribution < 1.29 is 19.4 Å². The number of thiazole rings is 1. The summed E-state index contributed by atoms with van der Waals surface area (Å²) in [5.41, 5.74) is 2.01. The number of ketones is 1. The van der Waals surface area contributed by atoms with Crippen LogP contribution in [0.5, 0.6) is 5.75 Å². The molecule has 1 fully saturated rings. The first-order chi connectivity index (χ1) is 14.9. The van der Waals surface area contributed by atoms with Gasteiger partial charge in [-0.2, -0.15) is 0 Å². The predicted octanol–water partition coefficient (Wildman–Crippen LogP) is 4.78. The molecule has 2 heterocycles. The van der Waals surface area contributed by atoms with E-state index in [2.05, 4.69) is 4.98 Å². The van der Waals surface area contributed by atoms with Crippen molar-refractivity contribution in [3.05, 3.63) is 81.9 Å². The molecule has 1 amide bonds. The summed E-state index contributed by atoms with van der Waals surface area (Å²) in [6, 6.07) is 15.2. The van der Waals surface area contributed by atoms with E-state index in [0.717, 1.165) is 16.1 Å². The minimum absolute atomic E-state index is 0.0471. The van der Waals surface area contributed by atoms with Crippen molar-refractivity contribution in [2.45, 2.75) is 26.8 Å². The van der Waals surface area contributed by atoms with Crippen LogP contribution in [0, 0.1) is 13.8 Å². The molecule has 1 unspecified atom stereocenters. The van der Waals surface area contributed by atoms with Gasteiger partial charge >= 0.3 is 5.91 Å². The Labute approximate surface area is 184 Å². The molecule has 158 valence electrons. The third-order valence-electron chi connectivity index (χ3n) is 5.22. The van der Waals surface area contributed by atoms with Crippen LogP contribution in [0.15, 0.2) is 60.2 Å². The van der Waals surface area contributed by atoms with Crippen LogP contribution >= 0.6 is 11.3 Å². The molecule has 0 spiro atoms. The third-order valence-corrected chi connectivity index (χ3v) is 6.29. The SMILES string of the molecule is CCOc1ccc(C(O)=C2C(=O)C(=O)N(c3nc(C)c(C)s3)C2c2ccccc2)cc1. The number of aliphatic hydroxyl groups is 1. The molecule has 1 aliphatic heterocycles. The standard InChI is InChI=1S/C24H22N2O4S/c1-4-30-18-12-10-17(11-13-18)21(27)19-20(16-8-6-5-7-9-16)26(23(29)22(19)28)24-25-14(2)15(3)31-24/h5-13,20,27H,4H2,1-3H3. The molecule has 1 atom stereocenters. The van der Waals surface area contributed by atoms with Crippen molar-refractivity contribution in [1.82, 2.24) is 4.98 Å². The van der Waals surface area contributed by atoms with E-state index >= 15 is 0 Å². The van der Waals surface area contributed by atoms with Crippen molar-refractivity contribution in [2.75, 3.05) is 11.5 Å². The smallest absolute Gasteiger partial charge is 0.301 e.